The summed E-state index contributed by atoms with van der Waals surface area (Å²) in [4.78, 5) is 115. The van der Waals surface area contributed by atoms with Crippen LogP contribution in [0.25, 0.3) is 0 Å². The number of hydrogen-bond donors (Lipinski definition) is 0. The summed E-state index contributed by atoms with van der Waals surface area (Å²) in [6.45, 7) is 5.19. The lowest BCUT2D eigenvalue weighted by Gasteiger charge is -2.18. The number of nitrogens with zero attached hydrogens (tertiary/aromatic N) is 6. The minimum atomic E-state index is -0.568. The highest BCUT2D eigenvalue weighted by molar-refractivity contribution is 8.00. The number of methoxy groups -OCH3 is 7. The standard InChI is InChI=1S/C21H23NO5.C21H23NO4S.C20H21F2NO3S.C20H23NO3S.C18H20N2O2S/c2*1-25-16-10-9-15-11-12-22(18(15)14-16)20(23)8-5-13-27-19-7-4-3-6-17(19)21(24)26-2;1-3-26-20(25)17-13-15(22)9-10-18(17)27-11-5-8-19(24)23(2)16-7-4-6-14(21)12-16;1-23-16-10-9-15-11-12-21(17(15)14-16)20(22)8-5-13-25-19-7-4-3-6-18(19)24-2;1-22-15-5-4-14-8-11-20(17(14)13-15)18(21)3-2-12-23-16-6-9-19-10-7-16/h2*3-4,6-7,9-10,14H,5,8,11-13H2,1-2H3;4,6-7,9-10,12-13H,3,5,8,11H2,1-2H3;3-4,6-7,9-10,14H,5,8,11-13H2,1-2H3;4-7,9-10,13H,2-3,8,11-12H2,1H3. The first-order valence-corrected chi connectivity index (χ1v) is 46.5. The molecule has 0 N–H and O–H groups in total. The molecule has 0 bridgehead atoms. The van der Waals surface area contributed by atoms with Crippen molar-refractivity contribution in [2.45, 2.75) is 116 Å². The van der Waals surface area contributed by atoms with E-state index >= 15 is 0 Å². The number of halogens is 2. The van der Waals surface area contributed by atoms with E-state index in [1.807, 2.05) is 130 Å². The molecule has 5 amide bonds. The number of carbonyl (C=O) groups is 8. The van der Waals surface area contributed by atoms with Gasteiger partial charge in [-0.3, -0.25) is 29.0 Å². The number of esters is 3. The number of fused-ring (bicyclic) bond motifs is 4. The predicted molar refractivity (Wildman–Crippen MR) is 506 cm³/mol. The SMILES string of the molecule is CCOC(=O)c1cc(F)ccc1SCCCC(=O)N(C)c1cccc(F)c1.COC(=O)c1ccccc1OCCCC(=O)N1CCc2ccc(OC)cc21.COC(=O)c1ccccc1SCCCC(=O)N1CCc2ccc(OC)cc21.COc1ccc2c(c1)N(C(=O)CCCSc1ccccc1OC)CC2.COc1ccc2c(c1)N(C(=O)CCCSc1ccncc1)CC2. The first kappa shape index (κ1) is 99.1. The Bertz CT molecular complexity index is 5300. The molecule has 29 heteroatoms. The van der Waals surface area contributed by atoms with Gasteiger partial charge in [0.1, 0.15) is 51.7 Å². The van der Waals surface area contributed by atoms with Gasteiger partial charge in [-0.1, -0.05) is 66.7 Å². The van der Waals surface area contributed by atoms with Crippen LogP contribution < -0.4 is 52.9 Å². The Morgan fingerprint density at radius 2 is 0.783 bits per heavy atom. The van der Waals surface area contributed by atoms with E-state index in [4.69, 9.17) is 42.6 Å². The van der Waals surface area contributed by atoms with Gasteiger partial charge in [0.05, 0.1) is 96.9 Å². The summed E-state index contributed by atoms with van der Waals surface area (Å²) >= 11 is 6.44. The molecule has 0 saturated heterocycles. The van der Waals surface area contributed by atoms with Crippen molar-refractivity contribution in [3.8, 4) is 34.5 Å². The highest BCUT2D eigenvalue weighted by atomic mass is 32.2. The van der Waals surface area contributed by atoms with Crippen LogP contribution in [0.2, 0.25) is 0 Å². The molecule has 4 aliphatic rings. The Labute approximate surface area is 770 Å². The zero-order valence-corrected chi connectivity index (χ0v) is 77.5. The maximum atomic E-state index is 13.4. The fourth-order valence-corrected chi connectivity index (χ4v) is 18.2. The van der Waals surface area contributed by atoms with E-state index in [1.165, 1.54) is 76.7 Å². The molecule has 10 aromatic rings. The van der Waals surface area contributed by atoms with Crippen LogP contribution in [0.4, 0.5) is 37.2 Å². The molecule has 5 heterocycles. The van der Waals surface area contributed by atoms with Gasteiger partial charge in [0.25, 0.3) is 0 Å². The van der Waals surface area contributed by atoms with Crippen LogP contribution in [0.3, 0.4) is 0 Å². The molecule has 9 aromatic carbocycles. The Morgan fingerprint density at radius 3 is 1.24 bits per heavy atom. The smallest absolute Gasteiger partial charge is 0.341 e. The summed E-state index contributed by atoms with van der Waals surface area (Å²) in [6, 6.07) is 59.8. The summed E-state index contributed by atoms with van der Waals surface area (Å²) in [5.41, 5.74) is 10.3. The Hall–Kier alpha value is -12.1. The minimum absolute atomic E-state index is 0.0619. The quantitative estimate of drug-likeness (QED) is 0.0155. The van der Waals surface area contributed by atoms with Crippen LogP contribution in [0.1, 0.15) is 124 Å². The third-order valence-electron chi connectivity index (χ3n) is 21.2. The van der Waals surface area contributed by atoms with Crippen molar-refractivity contribution in [2.75, 3.05) is 144 Å². The molecule has 0 atom stereocenters. The monoisotopic (exact) mass is 1830 g/mol. The molecule has 4 aliphatic heterocycles. The first-order chi connectivity index (χ1) is 62.7. The molecule has 0 saturated carbocycles. The van der Waals surface area contributed by atoms with Gasteiger partial charge in [-0.25, -0.2) is 23.2 Å². The van der Waals surface area contributed by atoms with Crippen molar-refractivity contribution < 1.29 is 89.8 Å². The van der Waals surface area contributed by atoms with Gasteiger partial charge >= 0.3 is 17.9 Å². The van der Waals surface area contributed by atoms with Crippen LogP contribution in [0.15, 0.2) is 232 Å². The molecule has 0 unspecified atom stereocenters. The average molecular weight is 1830 g/mol. The van der Waals surface area contributed by atoms with Crippen molar-refractivity contribution in [3.63, 3.8) is 0 Å². The van der Waals surface area contributed by atoms with Gasteiger partial charge in [-0.15, -0.1) is 47.0 Å². The largest absolute Gasteiger partial charge is 0.497 e. The highest BCUT2D eigenvalue weighted by Crippen LogP contribution is 2.39. The number of amides is 5. The molecule has 0 radical (unpaired) electrons. The molecule has 0 aliphatic carbocycles. The molecule has 129 heavy (non-hydrogen) atoms. The number of rotatable bonds is 35. The zero-order valence-electron chi connectivity index (χ0n) is 74.2. The molecule has 1 aromatic heterocycles. The molecule has 0 fully saturated rings. The number of para-hydroxylation sites is 2. The summed E-state index contributed by atoms with van der Waals surface area (Å²) < 4.78 is 73.3. The molecular weight excluding hydrogens is 1720 g/mol. The van der Waals surface area contributed by atoms with Gasteiger partial charge in [-0.2, -0.15) is 0 Å². The number of aromatic nitrogens is 1. The molecule has 14 rings (SSSR count). The normalized spacial score (nSPS) is 12.2. The molecule has 23 nitrogen and oxygen atoms in total. The fourth-order valence-electron chi connectivity index (χ4n) is 14.5. The van der Waals surface area contributed by atoms with E-state index in [9.17, 15) is 47.1 Å². The Morgan fingerprint density at radius 1 is 0.380 bits per heavy atom. The third kappa shape index (κ3) is 29.0. The van der Waals surface area contributed by atoms with Gasteiger partial charge in [0.2, 0.25) is 29.5 Å². The van der Waals surface area contributed by atoms with Crippen LogP contribution in [0, 0.1) is 11.6 Å². The summed E-state index contributed by atoms with van der Waals surface area (Å²) in [7, 11) is 12.5. The van der Waals surface area contributed by atoms with Crippen LogP contribution in [-0.4, -0.2) is 172 Å². The molecular formula is C100H110F2N6O17S4. The second-order valence-electron chi connectivity index (χ2n) is 29.5. The van der Waals surface area contributed by atoms with Gasteiger partial charge in [-0.05, 0) is 219 Å². The Kier molecular flexibility index (Phi) is 39.8. The van der Waals surface area contributed by atoms with E-state index in [1.54, 1.807) is 145 Å². The first-order valence-electron chi connectivity index (χ1n) is 42.6. The van der Waals surface area contributed by atoms with Gasteiger partial charge < -0.3 is 67.1 Å². The van der Waals surface area contributed by atoms with Crippen LogP contribution in [0.5, 0.6) is 34.5 Å². The minimum Gasteiger partial charge on any atom is -0.497 e. The second-order valence-corrected chi connectivity index (χ2v) is 34.1. The van der Waals surface area contributed by atoms with Crippen LogP contribution in [-0.2, 0) is 63.9 Å². The van der Waals surface area contributed by atoms with E-state index in [-0.39, 0.29) is 54.1 Å². The summed E-state index contributed by atoms with van der Waals surface area (Å²) in [5, 5.41) is 0. The fraction of sp³-hybridized carbons (Fsp3) is 0.330. The van der Waals surface area contributed by atoms with Crippen molar-refractivity contribution in [3.05, 3.63) is 263 Å². The lowest BCUT2D eigenvalue weighted by Crippen LogP contribution is -2.29. The summed E-state index contributed by atoms with van der Waals surface area (Å²) in [6.07, 6.45) is 13.0. The predicted octanol–water partition coefficient (Wildman–Crippen LogP) is 19.6. The Balaban J connectivity index is 0.000000168. The lowest BCUT2D eigenvalue weighted by molar-refractivity contribution is -0.119. The number of hydrogen-bond acceptors (Lipinski definition) is 22. The number of carbonyl (C=O) groups excluding carboxylic acids is 8. The molecule has 0 spiro atoms. The number of benzene rings is 9. The van der Waals surface area contributed by atoms with E-state index in [0.717, 1.165) is 155 Å². The third-order valence-corrected chi connectivity index (χ3v) is 25.8. The summed E-state index contributed by atoms with van der Waals surface area (Å²) in [5.74, 6) is 5.83. The van der Waals surface area contributed by atoms with Crippen molar-refractivity contribution in [1.82, 2.24) is 4.98 Å². The van der Waals surface area contributed by atoms with E-state index in [0.29, 0.717) is 84.9 Å². The maximum absolute atomic E-state index is 13.4. The molecule has 680 valence electrons. The number of anilines is 5. The van der Waals surface area contributed by atoms with Crippen molar-refractivity contribution in [1.29, 1.82) is 0 Å². The van der Waals surface area contributed by atoms with Gasteiger partial charge in [0.15, 0.2) is 0 Å². The lowest BCUT2D eigenvalue weighted by atomic mass is 10.1. The van der Waals surface area contributed by atoms with Crippen molar-refractivity contribution >= 4 is 123 Å². The number of pyridine rings is 1. The average Bonchev–Trinajstić information content (AvgIpc) is 1.67. The van der Waals surface area contributed by atoms with E-state index in [2.05, 4.69) is 17.1 Å². The topological polar surface area (TPSA) is 249 Å². The van der Waals surface area contributed by atoms with Gasteiger partial charge in [0, 0.05) is 127 Å². The van der Waals surface area contributed by atoms with Crippen LogP contribution >= 0.6 is 47.0 Å². The number of thioether (sulfide) groups is 4. The van der Waals surface area contributed by atoms with Crippen molar-refractivity contribution in [2.24, 2.45) is 0 Å². The maximum Gasteiger partial charge on any atom is 0.341 e. The van der Waals surface area contributed by atoms with E-state index < -0.39 is 23.6 Å². The highest BCUT2D eigenvalue weighted by Gasteiger charge is 2.30. The number of ether oxygens (including phenoxy) is 9. The second kappa shape index (κ2) is 51.8. The zero-order chi connectivity index (χ0) is 92.0.